The van der Waals surface area contributed by atoms with Crippen LogP contribution in [0, 0.1) is 18.6 Å². The fourth-order valence-electron chi connectivity index (χ4n) is 1.79. The van der Waals surface area contributed by atoms with Crippen LogP contribution in [0.25, 0.3) is 11.1 Å². The van der Waals surface area contributed by atoms with Crippen LogP contribution in [0.15, 0.2) is 36.4 Å². The van der Waals surface area contributed by atoms with Crippen LogP contribution in [0.2, 0.25) is 0 Å². The molecular formula is C14H10F2O2. The van der Waals surface area contributed by atoms with E-state index in [0.717, 1.165) is 0 Å². The normalized spacial score (nSPS) is 10.4. The Balaban J connectivity index is 2.68. The molecule has 0 saturated carbocycles. The summed E-state index contributed by atoms with van der Waals surface area (Å²) in [4.78, 5) is 10.9. The first-order valence-corrected chi connectivity index (χ1v) is 5.28. The van der Waals surface area contributed by atoms with Crippen LogP contribution in [-0.4, -0.2) is 11.1 Å². The monoisotopic (exact) mass is 248 g/mol. The van der Waals surface area contributed by atoms with Gasteiger partial charge < -0.3 is 5.11 Å². The third-order valence-electron chi connectivity index (χ3n) is 2.58. The highest BCUT2D eigenvalue weighted by atomic mass is 19.1. The average Bonchev–Trinajstić information content (AvgIpc) is 2.31. The van der Waals surface area contributed by atoms with Crippen LogP contribution < -0.4 is 0 Å². The van der Waals surface area contributed by atoms with Crippen molar-refractivity contribution >= 4 is 5.97 Å². The average molecular weight is 248 g/mol. The van der Waals surface area contributed by atoms with Gasteiger partial charge in [0.2, 0.25) is 0 Å². The fourth-order valence-corrected chi connectivity index (χ4v) is 1.79. The summed E-state index contributed by atoms with van der Waals surface area (Å²) in [5.74, 6) is -2.68. The van der Waals surface area contributed by atoms with E-state index in [2.05, 4.69) is 0 Å². The van der Waals surface area contributed by atoms with Gasteiger partial charge in [-0.15, -0.1) is 0 Å². The number of rotatable bonds is 2. The van der Waals surface area contributed by atoms with Gasteiger partial charge in [-0.25, -0.2) is 13.6 Å². The van der Waals surface area contributed by atoms with Gasteiger partial charge in [-0.3, -0.25) is 0 Å². The van der Waals surface area contributed by atoms with Crippen LogP contribution >= 0.6 is 0 Å². The first kappa shape index (κ1) is 12.2. The van der Waals surface area contributed by atoms with Gasteiger partial charge in [0.15, 0.2) is 0 Å². The Kier molecular flexibility index (Phi) is 3.10. The van der Waals surface area contributed by atoms with Crippen molar-refractivity contribution in [2.24, 2.45) is 0 Å². The summed E-state index contributed by atoms with van der Waals surface area (Å²) in [5, 5.41) is 8.90. The molecule has 0 aliphatic carbocycles. The lowest BCUT2D eigenvalue weighted by molar-refractivity contribution is 0.0692. The molecule has 0 aliphatic heterocycles. The van der Waals surface area contributed by atoms with Crippen molar-refractivity contribution in [1.29, 1.82) is 0 Å². The van der Waals surface area contributed by atoms with Gasteiger partial charge >= 0.3 is 5.97 Å². The molecule has 0 amide bonds. The summed E-state index contributed by atoms with van der Waals surface area (Å²) < 4.78 is 27.1. The number of benzene rings is 2. The summed E-state index contributed by atoms with van der Waals surface area (Å²) in [6, 6.07) is 8.15. The minimum Gasteiger partial charge on any atom is -0.478 e. The van der Waals surface area contributed by atoms with Crippen LogP contribution in [0.5, 0.6) is 0 Å². The maximum Gasteiger partial charge on any atom is 0.338 e. The van der Waals surface area contributed by atoms with E-state index >= 15 is 0 Å². The molecule has 0 unspecified atom stereocenters. The van der Waals surface area contributed by atoms with Gasteiger partial charge in [-0.05, 0) is 42.3 Å². The quantitative estimate of drug-likeness (QED) is 0.880. The van der Waals surface area contributed by atoms with Crippen molar-refractivity contribution in [3.8, 4) is 11.1 Å². The van der Waals surface area contributed by atoms with Gasteiger partial charge in [0.05, 0.1) is 5.56 Å². The number of aryl methyl sites for hydroxylation is 1. The SMILES string of the molecule is Cc1cc(C(=O)O)c(F)c(-c2cccc(F)c2)c1. The second-order valence-electron chi connectivity index (χ2n) is 3.99. The van der Waals surface area contributed by atoms with Crippen molar-refractivity contribution in [3.63, 3.8) is 0 Å². The first-order valence-electron chi connectivity index (χ1n) is 5.28. The Labute approximate surface area is 103 Å². The van der Waals surface area contributed by atoms with Gasteiger partial charge in [0, 0.05) is 5.56 Å². The van der Waals surface area contributed by atoms with E-state index in [4.69, 9.17) is 5.11 Å². The van der Waals surface area contributed by atoms with E-state index in [1.165, 1.54) is 36.4 Å². The zero-order valence-corrected chi connectivity index (χ0v) is 9.58. The van der Waals surface area contributed by atoms with Crippen molar-refractivity contribution in [3.05, 3.63) is 59.2 Å². The Bertz CT molecular complexity index is 621. The lowest BCUT2D eigenvalue weighted by Gasteiger charge is -2.08. The van der Waals surface area contributed by atoms with E-state index in [0.29, 0.717) is 11.1 Å². The predicted octanol–water partition coefficient (Wildman–Crippen LogP) is 3.64. The van der Waals surface area contributed by atoms with Gasteiger partial charge in [0.1, 0.15) is 11.6 Å². The minimum absolute atomic E-state index is 0.0897. The van der Waals surface area contributed by atoms with E-state index in [1.807, 2.05) is 0 Å². The maximum absolute atomic E-state index is 14.0. The molecule has 0 fully saturated rings. The van der Waals surface area contributed by atoms with Crippen LogP contribution in [0.3, 0.4) is 0 Å². The number of halogens is 2. The number of hydrogen-bond donors (Lipinski definition) is 1. The molecule has 0 radical (unpaired) electrons. The molecule has 0 bridgehead atoms. The molecule has 0 heterocycles. The fraction of sp³-hybridized carbons (Fsp3) is 0.0714. The van der Waals surface area contributed by atoms with Crippen LogP contribution in [0.4, 0.5) is 8.78 Å². The Morgan fingerprint density at radius 2 is 1.89 bits per heavy atom. The van der Waals surface area contributed by atoms with Gasteiger partial charge in [-0.2, -0.15) is 0 Å². The van der Waals surface area contributed by atoms with E-state index in [1.54, 1.807) is 6.92 Å². The number of hydrogen-bond acceptors (Lipinski definition) is 1. The number of carboxylic acids is 1. The second-order valence-corrected chi connectivity index (χ2v) is 3.99. The molecular weight excluding hydrogens is 238 g/mol. The predicted molar refractivity (Wildman–Crippen MR) is 63.5 cm³/mol. The standard InChI is InChI=1S/C14H10F2O2/c1-8-5-11(9-3-2-4-10(15)7-9)13(16)12(6-8)14(17)18/h2-7H,1H3,(H,17,18). The summed E-state index contributed by atoms with van der Waals surface area (Å²) in [5.41, 5.74) is 0.605. The molecule has 0 aromatic heterocycles. The first-order chi connectivity index (χ1) is 8.49. The zero-order valence-electron chi connectivity index (χ0n) is 9.58. The second kappa shape index (κ2) is 4.56. The van der Waals surface area contributed by atoms with Gasteiger partial charge in [-0.1, -0.05) is 12.1 Å². The third kappa shape index (κ3) is 2.22. The number of carboxylic acid groups (broad SMARTS) is 1. The van der Waals surface area contributed by atoms with Gasteiger partial charge in [0.25, 0.3) is 0 Å². The van der Waals surface area contributed by atoms with E-state index in [-0.39, 0.29) is 5.56 Å². The molecule has 0 aliphatic rings. The molecule has 0 atom stereocenters. The smallest absolute Gasteiger partial charge is 0.338 e. The molecule has 2 aromatic carbocycles. The highest BCUT2D eigenvalue weighted by Crippen LogP contribution is 2.27. The molecule has 2 aromatic rings. The van der Waals surface area contributed by atoms with Crippen LogP contribution in [0.1, 0.15) is 15.9 Å². The highest BCUT2D eigenvalue weighted by Gasteiger charge is 2.16. The molecule has 0 saturated heterocycles. The van der Waals surface area contributed by atoms with Crippen LogP contribution in [-0.2, 0) is 0 Å². The number of carbonyl (C=O) groups is 1. The third-order valence-corrected chi connectivity index (χ3v) is 2.58. The highest BCUT2D eigenvalue weighted by molar-refractivity contribution is 5.90. The zero-order chi connectivity index (χ0) is 13.3. The summed E-state index contributed by atoms with van der Waals surface area (Å²) in [6.07, 6.45) is 0. The van der Waals surface area contributed by atoms with E-state index < -0.39 is 23.2 Å². The molecule has 2 rings (SSSR count). The Morgan fingerprint density at radius 1 is 1.17 bits per heavy atom. The summed E-state index contributed by atoms with van der Waals surface area (Å²) >= 11 is 0. The molecule has 4 heteroatoms. The van der Waals surface area contributed by atoms with Crippen molar-refractivity contribution in [2.75, 3.05) is 0 Å². The number of aromatic carboxylic acids is 1. The Hall–Kier alpha value is -2.23. The molecule has 0 spiro atoms. The lowest BCUT2D eigenvalue weighted by atomic mass is 9.99. The summed E-state index contributed by atoms with van der Waals surface area (Å²) in [6.45, 7) is 1.66. The van der Waals surface area contributed by atoms with Crippen molar-refractivity contribution < 1.29 is 18.7 Å². The molecule has 92 valence electrons. The Morgan fingerprint density at radius 3 is 2.50 bits per heavy atom. The molecule has 2 nitrogen and oxygen atoms in total. The molecule has 18 heavy (non-hydrogen) atoms. The van der Waals surface area contributed by atoms with Crippen molar-refractivity contribution in [2.45, 2.75) is 6.92 Å². The minimum atomic E-state index is -1.34. The largest absolute Gasteiger partial charge is 0.478 e. The van der Waals surface area contributed by atoms with E-state index in [9.17, 15) is 13.6 Å². The molecule has 1 N–H and O–H groups in total. The summed E-state index contributed by atoms with van der Waals surface area (Å²) in [7, 11) is 0. The topological polar surface area (TPSA) is 37.3 Å². The lowest BCUT2D eigenvalue weighted by Crippen LogP contribution is -2.03. The van der Waals surface area contributed by atoms with Crippen molar-refractivity contribution in [1.82, 2.24) is 0 Å². The maximum atomic E-state index is 14.0.